The highest BCUT2D eigenvalue weighted by atomic mass is 35.5. The number of rotatable bonds is 4. The third-order valence-electron chi connectivity index (χ3n) is 2.86. The van der Waals surface area contributed by atoms with Crippen molar-refractivity contribution in [3.63, 3.8) is 0 Å². The molecule has 0 N–H and O–H groups in total. The van der Waals surface area contributed by atoms with Crippen LogP contribution in [0.15, 0.2) is 21.7 Å². The molecule has 1 aromatic rings. The van der Waals surface area contributed by atoms with Crippen LogP contribution < -0.4 is 0 Å². The fourth-order valence-electron chi connectivity index (χ4n) is 1.94. The van der Waals surface area contributed by atoms with Crippen LogP contribution in [0.3, 0.4) is 0 Å². The van der Waals surface area contributed by atoms with Crippen molar-refractivity contribution in [2.24, 2.45) is 5.92 Å². The third-order valence-corrected chi connectivity index (χ3v) is 6.31. The van der Waals surface area contributed by atoms with Crippen LogP contribution in [-0.2, 0) is 10.0 Å². The summed E-state index contributed by atoms with van der Waals surface area (Å²) >= 11 is 6.95. The predicted octanol–water partition coefficient (Wildman–Crippen LogP) is 2.39. The first kappa shape index (κ1) is 12.4. The molecule has 0 radical (unpaired) electrons. The smallest absolute Gasteiger partial charge is 0.206 e. The van der Waals surface area contributed by atoms with Gasteiger partial charge in [-0.05, 0) is 30.2 Å². The second kappa shape index (κ2) is 5.04. The van der Waals surface area contributed by atoms with Gasteiger partial charge in [0.2, 0.25) is 0 Å². The maximum Gasteiger partial charge on any atom is 0.252 e. The molecule has 1 aliphatic rings. The van der Waals surface area contributed by atoms with E-state index in [1.807, 2.05) is 0 Å². The molecule has 1 atom stereocenters. The van der Waals surface area contributed by atoms with Gasteiger partial charge in [-0.3, -0.25) is 0 Å². The van der Waals surface area contributed by atoms with Crippen molar-refractivity contribution in [2.45, 2.75) is 17.1 Å². The van der Waals surface area contributed by atoms with Gasteiger partial charge in [0.05, 0.1) is 0 Å². The van der Waals surface area contributed by atoms with Crippen LogP contribution in [0.25, 0.3) is 0 Å². The summed E-state index contributed by atoms with van der Waals surface area (Å²) in [4.78, 5) is 0. The largest absolute Gasteiger partial charge is 0.252 e. The topological polar surface area (TPSA) is 37.4 Å². The zero-order valence-corrected chi connectivity index (χ0v) is 11.2. The van der Waals surface area contributed by atoms with E-state index in [1.54, 1.807) is 21.8 Å². The second-order valence-corrected chi connectivity index (χ2v) is 7.42. The number of hydrogen-bond acceptors (Lipinski definition) is 3. The van der Waals surface area contributed by atoms with Gasteiger partial charge >= 0.3 is 0 Å². The maximum absolute atomic E-state index is 12.1. The highest BCUT2D eigenvalue weighted by Crippen LogP contribution is 2.28. The fraction of sp³-hybridized carbons (Fsp3) is 0.600. The summed E-state index contributed by atoms with van der Waals surface area (Å²) in [7, 11) is -3.24. The van der Waals surface area contributed by atoms with Crippen molar-refractivity contribution in [1.82, 2.24) is 4.31 Å². The molecule has 90 valence electrons. The first-order valence-corrected chi connectivity index (χ1v) is 8.09. The van der Waals surface area contributed by atoms with Crippen LogP contribution in [0.5, 0.6) is 0 Å². The normalized spacial score (nSPS) is 22.7. The molecule has 1 aliphatic heterocycles. The zero-order valence-electron chi connectivity index (χ0n) is 8.80. The molecule has 1 unspecified atom stereocenters. The van der Waals surface area contributed by atoms with Gasteiger partial charge in [0.15, 0.2) is 0 Å². The Labute approximate surface area is 105 Å². The highest BCUT2D eigenvalue weighted by molar-refractivity contribution is 7.91. The summed E-state index contributed by atoms with van der Waals surface area (Å²) in [5.41, 5.74) is 0. The van der Waals surface area contributed by atoms with Gasteiger partial charge in [0.25, 0.3) is 10.0 Å². The minimum Gasteiger partial charge on any atom is -0.206 e. The number of hydrogen-bond donors (Lipinski definition) is 0. The minimum atomic E-state index is -3.24. The van der Waals surface area contributed by atoms with E-state index in [1.165, 1.54) is 11.3 Å². The number of thiophene rings is 1. The molecule has 16 heavy (non-hydrogen) atoms. The van der Waals surface area contributed by atoms with E-state index in [-0.39, 0.29) is 0 Å². The molecule has 0 aromatic carbocycles. The van der Waals surface area contributed by atoms with Gasteiger partial charge in [-0.25, -0.2) is 8.42 Å². The lowest BCUT2D eigenvalue weighted by atomic mass is 10.1. The van der Waals surface area contributed by atoms with Gasteiger partial charge < -0.3 is 0 Å². The first-order valence-electron chi connectivity index (χ1n) is 5.24. The monoisotopic (exact) mass is 279 g/mol. The summed E-state index contributed by atoms with van der Waals surface area (Å²) in [6.07, 6.45) is 1.83. The van der Waals surface area contributed by atoms with Crippen molar-refractivity contribution < 1.29 is 8.42 Å². The van der Waals surface area contributed by atoms with Crippen molar-refractivity contribution in [3.05, 3.63) is 17.5 Å². The molecule has 1 aromatic heterocycles. The summed E-state index contributed by atoms with van der Waals surface area (Å²) < 4.78 is 26.3. The van der Waals surface area contributed by atoms with Crippen LogP contribution in [-0.4, -0.2) is 31.7 Å². The van der Waals surface area contributed by atoms with Gasteiger partial charge in [-0.2, -0.15) is 4.31 Å². The Kier molecular flexibility index (Phi) is 3.89. The standard InChI is InChI=1S/C10H14ClNO2S2/c11-5-3-9-4-6-12(8-9)16(13,14)10-2-1-7-15-10/h1-2,7,9H,3-6,8H2. The number of alkyl halides is 1. The molecular formula is C10H14ClNO2S2. The SMILES string of the molecule is O=S(=O)(c1cccs1)N1CCC(CCCl)C1. The first-order chi connectivity index (χ1) is 7.64. The average molecular weight is 280 g/mol. The highest BCUT2D eigenvalue weighted by Gasteiger charge is 2.32. The lowest BCUT2D eigenvalue weighted by Gasteiger charge is -2.14. The van der Waals surface area contributed by atoms with Crippen LogP contribution >= 0.6 is 22.9 Å². The lowest BCUT2D eigenvalue weighted by Crippen LogP contribution is -2.28. The summed E-state index contributed by atoms with van der Waals surface area (Å²) in [5.74, 6) is 1.03. The van der Waals surface area contributed by atoms with Crippen LogP contribution in [0.4, 0.5) is 0 Å². The van der Waals surface area contributed by atoms with Crippen molar-refractivity contribution in [2.75, 3.05) is 19.0 Å². The molecule has 0 spiro atoms. The zero-order chi connectivity index (χ0) is 11.6. The minimum absolute atomic E-state index is 0.423. The molecule has 1 saturated heterocycles. The molecule has 0 saturated carbocycles. The van der Waals surface area contributed by atoms with E-state index in [2.05, 4.69) is 0 Å². The molecule has 6 heteroatoms. The van der Waals surface area contributed by atoms with Crippen LogP contribution in [0.1, 0.15) is 12.8 Å². The second-order valence-electron chi connectivity index (χ2n) is 3.93. The maximum atomic E-state index is 12.1. The van der Waals surface area contributed by atoms with Gasteiger partial charge in [-0.1, -0.05) is 6.07 Å². The van der Waals surface area contributed by atoms with E-state index in [0.29, 0.717) is 29.1 Å². The van der Waals surface area contributed by atoms with E-state index in [4.69, 9.17) is 11.6 Å². The number of sulfonamides is 1. The Morgan fingerprint density at radius 3 is 3.00 bits per heavy atom. The summed E-state index contributed by atoms with van der Waals surface area (Å²) in [6, 6.07) is 3.43. The number of nitrogens with zero attached hydrogens (tertiary/aromatic N) is 1. The average Bonchev–Trinajstić information content (AvgIpc) is 2.88. The molecule has 0 bridgehead atoms. The third kappa shape index (κ3) is 2.42. The molecule has 2 heterocycles. The van der Waals surface area contributed by atoms with Gasteiger partial charge in [0, 0.05) is 19.0 Å². The Balaban J connectivity index is 2.10. The Hall–Kier alpha value is -0.100. The van der Waals surface area contributed by atoms with Gasteiger partial charge in [-0.15, -0.1) is 22.9 Å². The fourth-order valence-corrected chi connectivity index (χ4v) is 4.93. The van der Waals surface area contributed by atoms with Crippen molar-refractivity contribution in [3.8, 4) is 0 Å². The number of halogens is 1. The van der Waals surface area contributed by atoms with Crippen molar-refractivity contribution in [1.29, 1.82) is 0 Å². The molecule has 1 fully saturated rings. The quantitative estimate of drug-likeness (QED) is 0.794. The van der Waals surface area contributed by atoms with E-state index in [0.717, 1.165) is 12.8 Å². The Morgan fingerprint density at radius 1 is 1.56 bits per heavy atom. The molecule has 0 amide bonds. The van der Waals surface area contributed by atoms with E-state index in [9.17, 15) is 8.42 Å². The van der Waals surface area contributed by atoms with E-state index >= 15 is 0 Å². The summed E-state index contributed by atoms with van der Waals surface area (Å²) in [5, 5.41) is 1.79. The summed E-state index contributed by atoms with van der Waals surface area (Å²) in [6.45, 7) is 1.24. The molecule has 2 rings (SSSR count). The van der Waals surface area contributed by atoms with Crippen molar-refractivity contribution >= 4 is 33.0 Å². The van der Waals surface area contributed by atoms with Crippen LogP contribution in [0.2, 0.25) is 0 Å². The van der Waals surface area contributed by atoms with E-state index < -0.39 is 10.0 Å². The molecular weight excluding hydrogens is 266 g/mol. The Bertz CT molecular complexity index is 430. The Morgan fingerprint density at radius 2 is 2.38 bits per heavy atom. The molecule has 3 nitrogen and oxygen atoms in total. The van der Waals surface area contributed by atoms with Crippen LogP contribution in [0, 0.1) is 5.92 Å². The lowest BCUT2D eigenvalue weighted by molar-refractivity contribution is 0.455. The predicted molar refractivity (Wildman–Crippen MR) is 66.5 cm³/mol. The van der Waals surface area contributed by atoms with Gasteiger partial charge in [0.1, 0.15) is 4.21 Å². The molecule has 0 aliphatic carbocycles.